The highest BCUT2D eigenvalue weighted by molar-refractivity contribution is 5.94. The van der Waals surface area contributed by atoms with Crippen LogP contribution in [0.3, 0.4) is 0 Å². The first-order valence-electron chi connectivity index (χ1n) is 11.6. The van der Waals surface area contributed by atoms with E-state index in [1.807, 2.05) is 0 Å². The topological polar surface area (TPSA) is 273 Å². The summed E-state index contributed by atoms with van der Waals surface area (Å²) in [6.07, 6.45) is -1.29. The maximum absolute atomic E-state index is 13.0. The van der Waals surface area contributed by atoms with Crippen molar-refractivity contribution in [3.8, 4) is 0 Å². The van der Waals surface area contributed by atoms with E-state index in [9.17, 15) is 34.2 Å². The van der Waals surface area contributed by atoms with Crippen molar-refractivity contribution in [2.75, 3.05) is 6.54 Å². The number of nitrogens with zero attached hydrogens (tertiary/aromatic N) is 1. The second-order valence-electron chi connectivity index (χ2n) is 8.48. The zero-order valence-electron chi connectivity index (χ0n) is 20.8. The number of carbonyl (C=O) groups excluding carboxylic acids is 3. The van der Waals surface area contributed by atoms with E-state index in [2.05, 4.69) is 20.9 Å². The first-order chi connectivity index (χ1) is 16.7. The molecule has 36 heavy (non-hydrogen) atoms. The summed E-state index contributed by atoms with van der Waals surface area (Å²) in [7, 11) is 0. The van der Waals surface area contributed by atoms with Crippen LogP contribution in [0.5, 0.6) is 0 Å². The maximum Gasteiger partial charge on any atom is 0.326 e. The number of aliphatic hydroxyl groups excluding tert-OH is 1. The zero-order valence-corrected chi connectivity index (χ0v) is 20.8. The Morgan fingerprint density at radius 1 is 0.889 bits per heavy atom. The fraction of sp³-hybridized carbons (Fsp3) is 0.714. The Morgan fingerprint density at radius 2 is 1.47 bits per heavy atom. The second kappa shape index (κ2) is 16.3. The number of aliphatic hydroxyl groups is 1. The highest BCUT2D eigenvalue weighted by atomic mass is 16.4. The Balaban J connectivity index is 5.57. The van der Waals surface area contributed by atoms with Crippen LogP contribution in [-0.2, 0) is 24.0 Å². The van der Waals surface area contributed by atoms with Crippen molar-refractivity contribution in [3.63, 3.8) is 0 Å². The van der Waals surface area contributed by atoms with Crippen molar-refractivity contribution in [1.82, 2.24) is 16.0 Å². The summed E-state index contributed by atoms with van der Waals surface area (Å²) in [6.45, 7) is 4.85. The highest BCUT2D eigenvalue weighted by Gasteiger charge is 2.33. The molecule has 206 valence electrons. The van der Waals surface area contributed by atoms with Crippen LogP contribution in [0.15, 0.2) is 4.99 Å². The fourth-order valence-corrected chi connectivity index (χ4v) is 3.00. The van der Waals surface area contributed by atoms with Gasteiger partial charge in [0.1, 0.15) is 24.2 Å². The van der Waals surface area contributed by atoms with E-state index >= 15 is 0 Å². The molecule has 0 aromatic rings. The van der Waals surface area contributed by atoms with Crippen LogP contribution in [0.2, 0.25) is 0 Å². The molecule has 0 aromatic carbocycles. The number of guanidine groups is 1. The lowest BCUT2D eigenvalue weighted by molar-refractivity contribution is -0.143. The molecule has 6 unspecified atom stereocenters. The van der Waals surface area contributed by atoms with Crippen LogP contribution >= 0.6 is 0 Å². The third-order valence-corrected chi connectivity index (χ3v) is 5.46. The van der Waals surface area contributed by atoms with Crippen LogP contribution in [0, 0.1) is 5.92 Å². The average molecular weight is 518 g/mol. The normalized spacial score (nSPS) is 15.8. The predicted octanol–water partition coefficient (Wildman–Crippen LogP) is -2.80. The molecule has 0 aliphatic carbocycles. The highest BCUT2D eigenvalue weighted by Crippen LogP contribution is 2.11. The molecule has 15 nitrogen and oxygen atoms in total. The van der Waals surface area contributed by atoms with Crippen LogP contribution in [0.4, 0.5) is 0 Å². The molecule has 0 aromatic heterocycles. The molecular weight excluding hydrogens is 478 g/mol. The molecule has 0 aliphatic rings. The number of hydrogen-bond acceptors (Lipinski definition) is 8. The van der Waals surface area contributed by atoms with E-state index in [0.29, 0.717) is 6.42 Å². The van der Waals surface area contributed by atoms with Gasteiger partial charge >= 0.3 is 11.9 Å². The Bertz CT molecular complexity index is 801. The summed E-state index contributed by atoms with van der Waals surface area (Å²) >= 11 is 0. The third kappa shape index (κ3) is 12.3. The summed E-state index contributed by atoms with van der Waals surface area (Å²) in [4.78, 5) is 64.6. The molecule has 0 rings (SSSR count). The number of nitrogens with one attached hydrogen (secondary N) is 3. The van der Waals surface area contributed by atoms with E-state index in [4.69, 9.17) is 22.3 Å². The summed E-state index contributed by atoms with van der Waals surface area (Å²) in [5.74, 6) is -5.61. The zero-order chi connectivity index (χ0) is 28.0. The quantitative estimate of drug-likeness (QED) is 0.0539. The van der Waals surface area contributed by atoms with Gasteiger partial charge in [0.25, 0.3) is 0 Å². The number of hydrogen-bond donors (Lipinski definition) is 9. The fourth-order valence-electron chi connectivity index (χ4n) is 3.00. The summed E-state index contributed by atoms with van der Waals surface area (Å²) < 4.78 is 0. The first-order valence-corrected chi connectivity index (χ1v) is 11.6. The number of amides is 3. The van der Waals surface area contributed by atoms with Gasteiger partial charge in [-0.2, -0.15) is 0 Å². The van der Waals surface area contributed by atoms with Crippen LogP contribution in [-0.4, -0.2) is 87.8 Å². The van der Waals surface area contributed by atoms with Gasteiger partial charge < -0.3 is 48.5 Å². The number of aliphatic imine (C=N–C) groups is 1. The van der Waals surface area contributed by atoms with Crippen LogP contribution in [0.1, 0.15) is 52.9 Å². The minimum atomic E-state index is -1.37. The van der Waals surface area contributed by atoms with Crippen LogP contribution in [0.25, 0.3) is 0 Å². The van der Waals surface area contributed by atoms with Crippen molar-refractivity contribution in [2.24, 2.45) is 28.1 Å². The molecule has 0 saturated heterocycles. The molecule has 3 amide bonds. The molecule has 0 fully saturated rings. The van der Waals surface area contributed by atoms with Crippen molar-refractivity contribution in [3.05, 3.63) is 0 Å². The Kier molecular flexibility index (Phi) is 14.7. The Labute approximate surface area is 209 Å². The van der Waals surface area contributed by atoms with Crippen molar-refractivity contribution in [1.29, 1.82) is 0 Å². The molecule has 0 aliphatic heterocycles. The van der Waals surface area contributed by atoms with E-state index in [-0.39, 0.29) is 31.8 Å². The van der Waals surface area contributed by atoms with Gasteiger partial charge in [-0.25, -0.2) is 4.79 Å². The molecule has 12 N–H and O–H groups in total. The SMILES string of the molecule is CCC(C)C(NC(=O)C(CCC(=O)O)NC(=O)C(N)C(C)O)C(=O)NC(CCCN=C(N)N)C(=O)O. The van der Waals surface area contributed by atoms with E-state index < -0.39 is 72.3 Å². The van der Waals surface area contributed by atoms with Gasteiger partial charge in [0.05, 0.1) is 6.10 Å². The number of carboxylic acid groups (broad SMARTS) is 2. The van der Waals surface area contributed by atoms with E-state index in [0.717, 1.165) is 0 Å². The molecule has 0 bridgehead atoms. The minimum absolute atomic E-state index is 0.0214. The smallest absolute Gasteiger partial charge is 0.326 e. The molecule has 0 radical (unpaired) electrons. The van der Waals surface area contributed by atoms with Gasteiger partial charge in [0.2, 0.25) is 17.7 Å². The number of nitrogens with two attached hydrogens (primary N) is 3. The molecule has 0 heterocycles. The van der Waals surface area contributed by atoms with Crippen LogP contribution < -0.4 is 33.2 Å². The number of aliphatic carboxylic acids is 2. The maximum atomic E-state index is 13.0. The monoisotopic (exact) mass is 517 g/mol. The van der Waals surface area contributed by atoms with Crippen molar-refractivity contribution in [2.45, 2.75) is 83.1 Å². The molecule has 0 spiro atoms. The second-order valence-corrected chi connectivity index (χ2v) is 8.48. The third-order valence-electron chi connectivity index (χ3n) is 5.46. The lowest BCUT2D eigenvalue weighted by Gasteiger charge is -2.28. The summed E-state index contributed by atoms with van der Waals surface area (Å²) in [5.41, 5.74) is 16.0. The van der Waals surface area contributed by atoms with Crippen molar-refractivity contribution < 1.29 is 39.3 Å². The van der Waals surface area contributed by atoms with Gasteiger partial charge in [-0.1, -0.05) is 20.3 Å². The van der Waals surface area contributed by atoms with E-state index in [1.54, 1.807) is 13.8 Å². The molecular formula is C21H39N7O8. The minimum Gasteiger partial charge on any atom is -0.481 e. The van der Waals surface area contributed by atoms with Gasteiger partial charge in [-0.05, 0) is 32.1 Å². The van der Waals surface area contributed by atoms with E-state index in [1.165, 1.54) is 6.92 Å². The standard InChI is InChI=1S/C21H39N7O8/c1-4-10(2)16(19(34)27-13(20(35)36)6-5-9-25-21(23)24)28-17(32)12(7-8-14(30)31)26-18(33)15(22)11(3)29/h10-13,15-16,29H,4-9,22H2,1-3H3,(H,26,33)(H,27,34)(H,28,32)(H,30,31)(H,35,36)(H4,23,24,25). The molecule has 6 atom stereocenters. The van der Waals surface area contributed by atoms with Crippen molar-refractivity contribution >= 4 is 35.6 Å². The number of carbonyl (C=O) groups is 5. The average Bonchev–Trinajstić information content (AvgIpc) is 2.79. The molecule has 15 heteroatoms. The summed E-state index contributed by atoms with van der Waals surface area (Å²) in [6, 6.07) is -5.19. The summed E-state index contributed by atoms with van der Waals surface area (Å²) in [5, 5.41) is 35.2. The molecule has 0 saturated carbocycles. The van der Waals surface area contributed by atoms with Gasteiger partial charge in [0, 0.05) is 13.0 Å². The van der Waals surface area contributed by atoms with Gasteiger partial charge in [0.15, 0.2) is 5.96 Å². The Morgan fingerprint density at radius 3 is 1.94 bits per heavy atom. The lowest BCUT2D eigenvalue weighted by Crippen LogP contribution is -2.59. The predicted molar refractivity (Wildman–Crippen MR) is 129 cm³/mol. The lowest BCUT2D eigenvalue weighted by atomic mass is 9.96. The number of rotatable bonds is 17. The first kappa shape index (κ1) is 32.5. The largest absolute Gasteiger partial charge is 0.481 e. The van der Waals surface area contributed by atoms with Gasteiger partial charge in [-0.3, -0.25) is 24.2 Å². The van der Waals surface area contributed by atoms with Gasteiger partial charge in [-0.15, -0.1) is 0 Å². The number of carboxylic acids is 2. The Hall–Kier alpha value is -3.46.